The molecule has 0 saturated carbocycles. The topological polar surface area (TPSA) is 51.0 Å². The van der Waals surface area contributed by atoms with Gasteiger partial charge in [0.15, 0.2) is 11.0 Å². The largest absolute Gasteiger partial charge is 0.348 e. The Labute approximate surface area is 188 Å². The van der Waals surface area contributed by atoms with E-state index >= 15 is 0 Å². The first-order valence-electron chi connectivity index (χ1n) is 9.84. The Balaban J connectivity index is 1.86. The second kappa shape index (κ2) is 9.32. The fraction of sp³-hybridized carbons (Fsp3) is 0.125. The van der Waals surface area contributed by atoms with Gasteiger partial charge >= 0.3 is 0 Å². The molecule has 0 aliphatic carbocycles. The molecule has 0 radical (unpaired) electrons. The van der Waals surface area contributed by atoms with Crippen LogP contribution in [-0.4, -0.2) is 39.7 Å². The summed E-state index contributed by atoms with van der Waals surface area (Å²) in [5, 5.41) is 8.26. The molecule has 1 aromatic heterocycles. The van der Waals surface area contributed by atoms with Gasteiger partial charge in [0.05, 0.1) is 5.69 Å². The van der Waals surface area contributed by atoms with Gasteiger partial charge in [-0.1, -0.05) is 72.4 Å². The van der Waals surface area contributed by atoms with E-state index in [0.29, 0.717) is 16.5 Å². The van der Waals surface area contributed by atoms with Gasteiger partial charge in [-0.2, -0.15) is 0 Å². The first-order valence-corrected chi connectivity index (χ1v) is 10.7. The van der Waals surface area contributed by atoms with Crippen molar-refractivity contribution in [2.45, 2.75) is 10.4 Å². The number of nitrogens with zero attached hydrogens (tertiary/aromatic N) is 4. The molecular weight excluding hydrogens is 430 g/mol. The Morgan fingerprint density at radius 2 is 1.59 bits per heavy atom. The van der Waals surface area contributed by atoms with Crippen LogP contribution in [0, 0.1) is 11.6 Å². The van der Waals surface area contributed by atoms with Crippen molar-refractivity contribution < 1.29 is 13.6 Å². The van der Waals surface area contributed by atoms with E-state index in [9.17, 15) is 13.6 Å². The van der Waals surface area contributed by atoms with Gasteiger partial charge in [-0.25, -0.2) is 8.78 Å². The number of carbonyl (C=O) groups is 1. The molecule has 0 spiro atoms. The summed E-state index contributed by atoms with van der Waals surface area (Å²) in [6.45, 7) is 0. The fourth-order valence-electron chi connectivity index (χ4n) is 3.23. The number of likely N-dealkylation sites (N-methyl/N-ethyl adjacent to an activating group) is 1. The maximum atomic E-state index is 14.8. The smallest absolute Gasteiger partial charge is 0.240 e. The predicted molar refractivity (Wildman–Crippen MR) is 120 cm³/mol. The van der Waals surface area contributed by atoms with Crippen molar-refractivity contribution in [3.8, 4) is 17.1 Å². The molecule has 162 valence electrons. The molecular formula is C24H20F2N4OS. The lowest BCUT2D eigenvalue weighted by molar-refractivity contribution is -0.128. The second-order valence-electron chi connectivity index (χ2n) is 7.24. The third-order valence-electron chi connectivity index (χ3n) is 4.81. The number of aromatic nitrogens is 3. The Morgan fingerprint density at radius 1 is 0.938 bits per heavy atom. The number of halogens is 2. The Kier molecular flexibility index (Phi) is 6.32. The molecule has 4 aromatic rings. The van der Waals surface area contributed by atoms with Gasteiger partial charge in [-0.05, 0) is 17.7 Å². The quantitative estimate of drug-likeness (QED) is 0.382. The highest BCUT2D eigenvalue weighted by Gasteiger charge is 2.28. The third kappa shape index (κ3) is 4.40. The number of hydrogen-bond acceptors (Lipinski definition) is 4. The van der Waals surface area contributed by atoms with Crippen molar-refractivity contribution in [2.24, 2.45) is 0 Å². The van der Waals surface area contributed by atoms with Gasteiger partial charge in [-0.15, -0.1) is 10.2 Å². The lowest BCUT2D eigenvalue weighted by Gasteiger charge is -2.20. The molecule has 1 amide bonds. The number of rotatable bonds is 6. The van der Waals surface area contributed by atoms with E-state index in [1.807, 2.05) is 60.7 Å². The minimum atomic E-state index is -0.751. The van der Waals surface area contributed by atoms with E-state index in [1.165, 1.54) is 33.4 Å². The van der Waals surface area contributed by atoms with Crippen molar-refractivity contribution in [3.05, 3.63) is 96.1 Å². The van der Waals surface area contributed by atoms with Crippen LogP contribution >= 0.6 is 11.8 Å². The third-order valence-corrected chi connectivity index (χ3v) is 5.99. The minimum absolute atomic E-state index is 0.0990. The molecule has 4 rings (SSSR count). The normalized spacial score (nSPS) is 11.9. The van der Waals surface area contributed by atoms with Crippen LogP contribution in [-0.2, 0) is 4.79 Å². The van der Waals surface area contributed by atoms with Crippen molar-refractivity contribution in [1.29, 1.82) is 0 Å². The van der Waals surface area contributed by atoms with Gasteiger partial charge in [0.25, 0.3) is 0 Å². The van der Waals surface area contributed by atoms with Gasteiger partial charge < -0.3 is 4.90 Å². The van der Waals surface area contributed by atoms with E-state index in [-0.39, 0.29) is 11.6 Å². The summed E-state index contributed by atoms with van der Waals surface area (Å²) < 4.78 is 30.0. The first kappa shape index (κ1) is 21.7. The average molecular weight is 451 g/mol. The van der Waals surface area contributed by atoms with Crippen LogP contribution in [0.2, 0.25) is 0 Å². The maximum Gasteiger partial charge on any atom is 0.240 e. The van der Waals surface area contributed by atoms with Crippen LogP contribution in [0.3, 0.4) is 0 Å². The van der Waals surface area contributed by atoms with Crippen molar-refractivity contribution in [3.63, 3.8) is 0 Å². The molecule has 0 aliphatic rings. The van der Waals surface area contributed by atoms with Gasteiger partial charge in [-0.3, -0.25) is 9.36 Å². The van der Waals surface area contributed by atoms with Crippen LogP contribution < -0.4 is 0 Å². The van der Waals surface area contributed by atoms with Crippen molar-refractivity contribution >= 4 is 17.7 Å². The summed E-state index contributed by atoms with van der Waals surface area (Å²) in [5.41, 5.74) is 1.60. The van der Waals surface area contributed by atoms with Gasteiger partial charge in [0.1, 0.15) is 16.9 Å². The van der Waals surface area contributed by atoms with E-state index in [0.717, 1.165) is 11.6 Å². The Hall–Kier alpha value is -3.52. The summed E-state index contributed by atoms with van der Waals surface area (Å²) in [4.78, 5) is 14.5. The zero-order valence-corrected chi connectivity index (χ0v) is 18.3. The number of carbonyl (C=O) groups excluding carboxylic acids is 1. The summed E-state index contributed by atoms with van der Waals surface area (Å²) in [7, 11) is 3.36. The molecule has 0 bridgehead atoms. The SMILES string of the molecule is CN(C)C(=O)[C@@H](Sc1nnc(-c2ccccc2)n1-c1ccc(F)cc1F)c1ccccc1. The highest BCUT2D eigenvalue weighted by Crippen LogP contribution is 2.38. The van der Waals surface area contributed by atoms with E-state index < -0.39 is 16.9 Å². The maximum absolute atomic E-state index is 14.8. The molecule has 32 heavy (non-hydrogen) atoms. The Morgan fingerprint density at radius 3 is 2.22 bits per heavy atom. The minimum Gasteiger partial charge on any atom is -0.348 e. The molecule has 8 heteroatoms. The van der Waals surface area contributed by atoms with E-state index in [1.54, 1.807) is 14.1 Å². The number of thioether (sulfide) groups is 1. The van der Waals surface area contributed by atoms with Gasteiger partial charge in [0.2, 0.25) is 5.91 Å². The summed E-state index contributed by atoms with van der Waals surface area (Å²) >= 11 is 1.17. The van der Waals surface area contributed by atoms with Crippen LogP contribution in [0.5, 0.6) is 0 Å². The highest BCUT2D eigenvalue weighted by atomic mass is 32.2. The summed E-state index contributed by atoms with van der Waals surface area (Å²) in [6, 6.07) is 21.8. The van der Waals surface area contributed by atoms with Crippen LogP contribution in [0.25, 0.3) is 17.1 Å². The summed E-state index contributed by atoms with van der Waals surface area (Å²) in [6.07, 6.45) is 0. The molecule has 0 N–H and O–H groups in total. The van der Waals surface area contributed by atoms with Gasteiger partial charge in [0, 0.05) is 25.7 Å². The number of hydrogen-bond donors (Lipinski definition) is 0. The number of benzene rings is 3. The monoisotopic (exact) mass is 450 g/mol. The fourth-order valence-corrected chi connectivity index (χ4v) is 4.42. The highest BCUT2D eigenvalue weighted by molar-refractivity contribution is 8.00. The molecule has 1 atom stereocenters. The molecule has 0 unspecified atom stereocenters. The van der Waals surface area contributed by atoms with E-state index in [4.69, 9.17) is 0 Å². The standard InChI is InChI=1S/C24H20F2N4OS/c1-29(2)23(31)21(16-9-5-3-6-10-16)32-24-28-27-22(17-11-7-4-8-12-17)30(24)20-14-13-18(25)15-19(20)26/h3-15,21H,1-2H3/t21-/m0/s1. The molecule has 5 nitrogen and oxygen atoms in total. The molecule has 0 aliphatic heterocycles. The lowest BCUT2D eigenvalue weighted by Crippen LogP contribution is -2.27. The zero-order valence-electron chi connectivity index (χ0n) is 17.4. The first-order chi connectivity index (χ1) is 15.5. The van der Waals surface area contributed by atoms with Crippen LogP contribution in [0.15, 0.2) is 84.0 Å². The predicted octanol–water partition coefficient (Wildman–Crippen LogP) is 5.13. The zero-order chi connectivity index (χ0) is 22.7. The van der Waals surface area contributed by atoms with Crippen molar-refractivity contribution in [1.82, 2.24) is 19.7 Å². The lowest BCUT2D eigenvalue weighted by atomic mass is 10.1. The van der Waals surface area contributed by atoms with Crippen LogP contribution in [0.1, 0.15) is 10.8 Å². The Bertz CT molecular complexity index is 1230. The van der Waals surface area contributed by atoms with E-state index in [2.05, 4.69) is 10.2 Å². The average Bonchev–Trinajstić information content (AvgIpc) is 3.21. The molecule has 0 fully saturated rings. The van der Waals surface area contributed by atoms with Crippen LogP contribution in [0.4, 0.5) is 8.78 Å². The molecule has 3 aromatic carbocycles. The number of amides is 1. The summed E-state index contributed by atoms with van der Waals surface area (Å²) in [5.74, 6) is -1.18. The second-order valence-corrected chi connectivity index (χ2v) is 8.32. The molecule has 1 heterocycles. The van der Waals surface area contributed by atoms with Crippen molar-refractivity contribution in [2.75, 3.05) is 14.1 Å². The molecule has 0 saturated heterocycles.